The lowest BCUT2D eigenvalue weighted by Gasteiger charge is -2.17. The van der Waals surface area contributed by atoms with Crippen LogP contribution in [0.15, 0.2) is 77.3 Å². The SMILES string of the molecule is O=C(Nc1ccc(Oc2ccc(Br)cc2)cc1)[C@@H]1CC(=O)N(c2ccc(Cl)cc2)C1. The highest BCUT2D eigenvalue weighted by atomic mass is 79.9. The maximum Gasteiger partial charge on any atom is 0.229 e. The van der Waals surface area contributed by atoms with Crippen molar-refractivity contribution in [2.45, 2.75) is 6.42 Å². The fourth-order valence-corrected chi connectivity index (χ4v) is 3.63. The molecule has 152 valence electrons. The number of halogens is 2. The fraction of sp³-hybridized carbons (Fsp3) is 0.130. The molecular formula is C23H18BrClN2O3. The third-order valence-corrected chi connectivity index (χ3v) is 5.59. The zero-order chi connectivity index (χ0) is 21.1. The summed E-state index contributed by atoms with van der Waals surface area (Å²) < 4.78 is 6.76. The molecule has 0 aliphatic carbocycles. The fourth-order valence-electron chi connectivity index (χ4n) is 3.24. The van der Waals surface area contributed by atoms with Gasteiger partial charge in [-0.2, -0.15) is 0 Å². The van der Waals surface area contributed by atoms with E-state index in [1.807, 2.05) is 24.3 Å². The van der Waals surface area contributed by atoms with Gasteiger partial charge in [-0.1, -0.05) is 27.5 Å². The van der Waals surface area contributed by atoms with Gasteiger partial charge in [0.05, 0.1) is 5.92 Å². The van der Waals surface area contributed by atoms with Crippen molar-refractivity contribution in [2.24, 2.45) is 5.92 Å². The van der Waals surface area contributed by atoms with Gasteiger partial charge >= 0.3 is 0 Å². The summed E-state index contributed by atoms with van der Waals surface area (Å²) in [4.78, 5) is 26.6. The van der Waals surface area contributed by atoms with Gasteiger partial charge < -0.3 is 15.0 Å². The molecule has 1 heterocycles. The van der Waals surface area contributed by atoms with Crippen molar-refractivity contribution in [1.82, 2.24) is 0 Å². The van der Waals surface area contributed by atoms with E-state index in [1.54, 1.807) is 53.4 Å². The molecule has 0 unspecified atom stereocenters. The first-order valence-corrected chi connectivity index (χ1v) is 10.6. The molecule has 3 aromatic rings. The number of hydrogen-bond acceptors (Lipinski definition) is 3. The average molecular weight is 486 g/mol. The molecule has 0 spiro atoms. The molecule has 3 aromatic carbocycles. The van der Waals surface area contributed by atoms with E-state index in [9.17, 15) is 9.59 Å². The van der Waals surface area contributed by atoms with E-state index in [0.29, 0.717) is 23.0 Å². The van der Waals surface area contributed by atoms with Gasteiger partial charge in [-0.05, 0) is 72.8 Å². The monoisotopic (exact) mass is 484 g/mol. The lowest BCUT2D eigenvalue weighted by molar-refractivity contribution is -0.122. The summed E-state index contributed by atoms with van der Waals surface area (Å²) in [6, 6.07) is 21.7. The highest BCUT2D eigenvalue weighted by Gasteiger charge is 2.35. The van der Waals surface area contributed by atoms with Gasteiger partial charge in [0.1, 0.15) is 11.5 Å². The zero-order valence-electron chi connectivity index (χ0n) is 15.8. The third kappa shape index (κ3) is 4.83. The molecular weight excluding hydrogens is 468 g/mol. The van der Waals surface area contributed by atoms with Gasteiger partial charge in [0.25, 0.3) is 0 Å². The lowest BCUT2D eigenvalue weighted by Crippen LogP contribution is -2.28. The van der Waals surface area contributed by atoms with Crippen LogP contribution >= 0.6 is 27.5 Å². The summed E-state index contributed by atoms with van der Waals surface area (Å²) in [5.41, 5.74) is 1.40. The largest absolute Gasteiger partial charge is 0.457 e. The molecule has 5 nitrogen and oxygen atoms in total. The highest BCUT2D eigenvalue weighted by molar-refractivity contribution is 9.10. The number of carbonyl (C=O) groups is 2. The molecule has 30 heavy (non-hydrogen) atoms. The van der Waals surface area contributed by atoms with Crippen LogP contribution in [0.3, 0.4) is 0 Å². The second kappa shape index (κ2) is 8.90. The Kier molecular flexibility index (Phi) is 6.06. The Morgan fingerprint density at radius 1 is 0.967 bits per heavy atom. The van der Waals surface area contributed by atoms with Gasteiger partial charge in [-0.25, -0.2) is 0 Å². The first-order valence-electron chi connectivity index (χ1n) is 9.38. The molecule has 0 aromatic heterocycles. The minimum atomic E-state index is -0.410. The summed E-state index contributed by atoms with van der Waals surface area (Å²) >= 11 is 9.30. The first-order chi connectivity index (χ1) is 14.5. The van der Waals surface area contributed by atoms with Gasteiger partial charge in [0.15, 0.2) is 0 Å². The molecule has 1 fully saturated rings. The van der Waals surface area contributed by atoms with Crippen LogP contribution < -0.4 is 15.0 Å². The average Bonchev–Trinajstić information content (AvgIpc) is 3.13. The van der Waals surface area contributed by atoms with E-state index in [0.717, 1.165) is 15.9 Å². The molecule has 1 saturated heterocycles. The smallest absolute Gasteiger partial charge is 0.229 e. The van der Waals surface area contributed by atoms with Crippen molar-refractivity contribution in [3.8, 4) is 11.5 Å². The normalized spacial score (nSPS) is 15.9. The van der Waals surface area contributed by atoms with Crippen molar-refractivity contribution < 1.29 is 14.3 Å². The lowest BCUT2D eigenvalue weighted by atomic mass is 10.1. The van der Waals surface area contributed by atoms with Crippen molar-refractivity contribution in [3.63, 3.8) is 0 Å². The van der Waals surface area contributed by atoms with E-state index in [4.69, 9.17) is 16.3 Å². The Morgan fingerprint density at radius 2 is 1.57 bits per heavy atom. The Bertz CT molecular complexity index is 1050. The Labute approximate surface area is 187 Å². The van der Waals surface area contributed by atoms with E-state index >= 15 is 0 Å². The number of carbonyl (C=O) groups excluding carboxylic acids is 2. The van der Waals surface area contributed by atoms with E-state index in [1.165, 1.54) is 0 Å². The third-order valence-electron chi connectivity index (χ3n) is 4.81. The second-order valence-corrected chi connectivity index (χ2v) is 8.30. The quantitative estimate of drug-likeness (QED) is 0.490. The number of nitrogens with zero attached hydrogens (tertiary/aromatic N) is 1. The number of hydrogen-bond donors (Lipinski definition) is 1. The molecule has 1 aliphatic heterocycles. The second-order valence-electron chi connectivity index (χ2n) is 6.95. The molecule has 0 saturated carbocycles. The topological polar surface area (TPSA) is 58.6 Å². The molecule has 1 atom stereocenters. The maximum atomic E-state index is 12.7. The van der Waals surface area contributed by atoms with Crippen LogP contribution in [0.5, 0.6) is 11.5 Å². The number of nitrogens with one attached hydrogen (secondary N) is 1. The minimum Gasteiger partial charge on any atom is -0.457 e. The van der Waals surface area contributed by atoms with Crippen molar-refractivity contribution in [3.05, 3.63) is 82.3 Å². The Balaban J connectivity index is 1.36. The summed E-state index contributed by atoms with van der Waals surface area (Å²) in [6.45, 7) is 0.344. The van der Waals surface area contributed by atoms with Crippen LogP contribution in [0.25, 0.3) is 0 Å². The molecule has 1 aliphatic rings. The molecule has 0 radical (unpaired) electrons. The highest BCUT2D eigenvalue weighted by Crippen LogP contribution is 2.28. The predicted octanol–water partition coefficient (Wildman–Crippen LogP) is 5.89. The minimum absolute atomic E-state index is 0.0734. The number of amides is 2. The molecule has 7 heteroatoms. The summed E-state index contributed by atoms with van der Waals surface area (Å²) in [5.74, 6) is 0.728. The van der Waals surface area contributed by atoms with Crippen molar-refractivity contribution >= 4 is 50.7 Å². The predicted molar refractivity (Wildman–Crippen MR) is 121 cm³/mol. The molecule has 4 rings (SSSR count). The maximum absolute atomic E-state index is 12.7. The summed E-state index contributed by atoms with van der Waals surface area (Å²) in [6.07, 6.45) is 0.180. The van der Waals surface area contributed by atoms with Crippen LogP contribution in [0.4, 0.5) is 11.4 Å². The van der Waals surface area contributed by atoms with E-state index in [2.05, 4.69) is 21.2 Å². The van der Waals surface area contributed by atoms with E-state index in [-0.39, 0.29) is 18.2 Å². The van der Waals surface area contributed by atoms with Gasteiger partial charge in [-0.3, -0.25) is 9.59 Å². The number of anilines is 2. The number of ether oxygens (including phenoxy) is 1. The molecule has 2 amide bonds. The van der Waals surface area contributed by atoms with Crippen LogP contribution in [-0.4, -0.2) is 18.4 Å². The van der Waals surface area contributed by atoms with Crippen molar-refractivity contribution in [1.29, 1.82) is 0 Å². The summed E-state index contributed by atoms with van der Waals surface area (Å²) in [5, 5.41) is 3.49. The van der Waals surface area contributed by atoms with Gasteiger partial charge in [0, 0.05) is 33.8 Å². The van der Waals surface area contributed by atoms with Gasteiger partial charge in [-0.15, -0.1) is 0 Å². The van der Waals surface area contributed by atoms with E-state index < -0.39 is 5.92 Å². The number of rotatable bonds is 5. The number of benzene rings is 3. The van der Waals surface area contributed by atoms with Crippen LogP contribution in [0, 0.1) is 5.92 Å². The van der Waals surface area contributed by atoms with Gasteiger partial charge in [0.2, 0.25) is 11.8 Å². The first kappa shape index (κ1) is 20.4. The van der Waals surface area contributed by atoms with Crippen LogP contribution in [-0.2, 0) is 9.59 Å². The van der Waals surface area contributed by atoms with Crippen LogP contribution in [0.2, 0.25) is 5.02 Å². The standard InChI is InChI=1S/C23H18BrClN2O3/c24-16-1-9-20(10-2-16)30-21-11-5-18(6-12-21)26-23(29)15-13-22(28)27(14-15)19-7-3-17(25)4-8-19/h1-12,15H,13-14H2,(H,26,29)/t15-/m1/s1. The Hall–Kier alpha value is -2.83. The Morgan fingerprint density at radius 3 is 2.20 bits per heavy atom. The summed E-state index contributed by atoms with van der Waals surface area (Å²) in [7, 11) is 0. The molecule has 0 bridgehead atoms. The molecule has 1 N–H and O–H groups in total. The van der Waals surface area contributed by atoms with Crippen molar-refractivity contribution in [2.75, 3.05) is 16.8 Å². The van der Waals surface area contributed by atoms with Crippen LogP contribution in [0.1, 0.15) is 6.42 Å². The zero-order valence-corrected chi connectivity index (χ0v) is 18.2.